The molecule has 1 rings (SSSR count). The maximum atomic E-state index is 11.8. The second-order valence-corrected chi connectivity index (χ2v) is 5.24. The van der Waals surface area contributed by atoms with E-state index in [9.17, 15) is 9.90 Å². The van der Waals surface area contributed by atoms with Crippen LogP contribution in [0.3, 0.4) is 0 Å². The predicted octanol–water partition coefficient (Wildman–Crippen LogP) is 0.748. The molecule has 4 heteroatoms. The maximum absolute atomic E-state index is 11.8. The minimum absolute atomic E-state index is 0.198. The topological polar surface area (TPSA) is 52.6 Å². The summed E-state index contributed by atoms with van der Waals surface area (Å²) in [5, 5.41) is 13.0. The fraction of sp³-hybridized carbons (Fsp3) is 0.917. The molecule has 1 amide bonds. The number of hydrogen-bond donors (Lipinski definition) is 2. The maximum Gasteiger partial charge on any atom is 0.223 e. The molecule has 0 aliphatic carbocycles. The van der Waals surface area contributed by atoms with Crippen molar-refractivity contribution in [3.63, 3.8) is 0 Å². The van der Waals surface area contributed by atoms with Crippen LogP contribution in [0, 0.1) is 0 Å². The average molecular weight is 228 g/mol. The van der Waals surface area contributed by atoms with Crippen molar-refractivity contribution in [1.82, 2.24) is 10.2 Å². The molecular weight excluding hydrogens is 204 g/mol. The third-order valence-corrected chi connectivity index (χ3v) is 3.08. The van der Waals surface area contributed by atoms with Gasteiger partial charge in [-0.2, -0.15) is 0 Å². The first-order chi connectivity index (χ1) is 7.41. The van der Waals surface area contributed by atoms with Crippen LogP contribution in [0.4, 0.5) is 0 Å². The standard InChI is InChI=1S/C12H24N2O2/c1-10(2)13-7-4-11(15)14-8-5-12(3,16)6-9-14/h10,13,16H,4-9H2,1-3H3. The van der Waals surface area contributed by atoms with Crippen molar-refractivity contribution < 1.29 is 9.90 Å². The predicted molar refractivity (Wildman–Crippen MR) is 64.2 cm³/mol. The van der Waals surface area contributed by atoms with Crippen molar-refractivity contribution in [2.75, 3.05) is 19.6 Å². The lowest BCUT2D eigenvalue weighted by atomic mass is 9.94. The number of nitrogens with one attached hydrogen (secondary N) is 1. The molecule has 0 atom stereocenters. The van der Waals surface area contributed by atoms with Gasteiger partial charge in [0, 0.05) is 32.1 Å². The fourth-order valence-corrected chi connectivity index (χ4v) is 1.86. The molecule has 0 spiro atoms. The zero-order valence-corrected chi connectivity index (χ0v) is 10.6. The number of carbonyl (C=O) groups excluding carboxylic acids is 1. The first-order valence-corrected chi connectivity index (χ1v) is 6.14. The van der Waals surface area contributed by atoms with Crippen molar-refractivity contribution in [2.24, 2.45) is 0 Å². The highest BCUT2D eigenvalue weighted by Gasteiger charge is 2.29. The van der Waals surface area contributed by atoms with Gasteiger partial charge in [0.15, 0.2) is 0 Å². The van der Waals surface area contributed by atoms with Crippen LogP contribution in [0.1, 0.15) is 40.0 Å². The summed E-state index contributed by atoms with van der Waals surface area (Å²) in [6, 6.07) is 0.426. The summed E-state index contributed by atoms with van der Waals surface area (Å²) < 4.78 is 0. The molecule has 0 radical (unpaired) electrons. The van der Waals surface area contributed by atoms with E-state index in [2.05, 4.69) is 19.2 Å². The average Bonchev–Trinajstić information content (AvgIpc) is 2.16. The van der Waals surface area contributed by atoms with E-state index >= 15 is 0 Å². The molecule has 16 heavy (non-hydrogen) atoms. The summed E-state index contributed by atoms with van der Waals surface area (Å²) >= 11 is 0. The van der Waals surface area contributed by atoms with Crippen LogP contribution in [0.25, 0.3) is 0 Å². The summed E-state index contributed by atoms with van der Waals surface area (Å²) in [6.45, 7) is 8.10. The Hall–Kier alpha value is -0.610. The Morgan fingerprint density at radius 3 is 2.50 bits per heavy atom. The van der Waals surface area contributed by atoms with E-state index in [1.165, 1.54) is 0 Å². The highest BCUT2D eigenvalue weighted by Crippen LogP contribution is 2.21. The summed E-state index contributed by atoms with van der Waals surface area (Å²) in [4.78, 5) is 13.7. The largest absolute Gasteiger partial charge is 0.390 e. The second-order valence-electron chi connectivity index (χ2n) is 5.24. The Labute approximate surface area is 98.0 Å². The summed E-state index contributed by atoms with van der Waals surface area (Å²) in [5.41, 5.74) is -0.576. The molecule has 2 N–H and O–H groups in total. The van der Waals surface area contributed by atoms with Crippen molar-refractivity contribution >= 4 is 5.91 Å². The zero-order chi connectivity index (χ0) is 12.2. The van der Waals surface area contributed by atoms with Gasteiger partial charge < -0.3 is 15.3 Å². The first-order valence-electron chi connectivity index (χ1n) is 6.14. The molecule has 4 nitrogen and oxygen atoms in total. The van der Waals surface area contributed by atoms with Gasteiger partial charge in [-0.05, 0) is 19.8 Å². The van der Waals surface area contributed by atoms with E-state index in [0.717, 1.165) is 6.54 Å². The Morgan fingerprint density at radius 1 is 1.44 bits per heavy atom. The number of nitrogens with zero attached hydrogens (tertiary/aromatic N) is 1. The second kappa shape index (κ2) is 5.64. The third-order valence-electron chi connectivity index (χ3n) is 3.08. The number of piperidine rings is 1. The van der Waals surface area contributed by atoms with Gasteiger partial charge in [-0.1, -0.05) is 13.8 Å². The third kappa shape index (κ3) is 4.49. The molecule has 0 bridgehead atoms. The quantitative estimate of drug-likeness (QED) is 0.746. The van der Waals surface area contributed by atoms with Crippen molar-refractivity contribution in [2.45, 2.75) is 51.7 Å². The molecule has 1 fully saturated rings. The lowest BCUT2D eigenvalue weighted by molar-refractivity contribution is -0.134. The van der Waals surface area contributed by atoms with E-state index in [0.29, 0.717) is 38.4 Å². The van der Waals surface area contributed by atoms with Crippen LogP contribution >= 0.6 is 0 Å². The lowest BCUT2D eigenvalue weighted by Crippen LogP contribution is -2.45. The molecule has 0 aromatic rings. The zero-order valence-electron chi connectivity index (χ0n) is 10.6. The van der Waals surface area contributed by atoms with E-state index < -0.39 is 5.60 Å². The molecule has 1 aliphatic rings. The van der Waals surface area contributed by atoms with Gasteiger partial charge in [0.1, 0.15) is 0 Å². The molecule has 0 aromatic heterocycles. The smallest absolute Gasteiger partial charge is 0.223 e. The summed E-state index contributed by atoms with van der Waals surface area (Å²) in [5.74, 6) is 0.198. The van der Waals surface area contributed by atoms with Gasteiger partial charge >= 0.3 is 0 Å². The molecule has 0 saturated carbocycles. The minimum atomic E-state index is -0.576. The van der Waals surface area contributed by atoms with Gasteiger partial charge in [-0.25, -0.2) is 0 Å². The lowest BCUT2D eigenvalue weighted by Gasteiger charge is -2.35. The van der Waals surface area contributed by atoms with Crippen molar-refractivity contribution in [1.29, 1.82) is 0 Å². The SMILES string of the molecule is CC(C)NCCC(=O)N1CCC(C)(O)CC1. The van der Waals surface area contributed by atoms with Gasteiger partial charge in [0.05, 0.1) is 5.60 Å². The molecule has 1 aliphatic heterocycles. The van der Waals surface area contributed by atoms with Crippen LogP contribution in [-0.2, 0) is 4.79 Å². The molecular formula is C12H24N2O2. The number of aliphatic hydroxyl groups is 1. The van der Waals surface area contributed by atoms with Crippen molar-refractivity contribution in [3.05, 3.63) is 0 Å². The molecule has 0 unspecified atom stereocenters. The number of rotatable bonds is 4. The van der Waals surface area contributed by atoms with Crippen LogP contribution in [0.15, 0.2) is 0 Å². The van der Waals surface area contributed by atoms with Gasteiger partial charge in [-0.3, -0.25) is 4.79 Å². The molecule has 1 saturated heterocycles. The Kier molecular flexibility index (Phi) is 4.74. The van der Waals surface area contributed by atoms with Crippen molar-refractivity contribution in [3.8, 4) is 0 Å². The van der Waals surface area contributed by atoms with Crippen LogP contribution in [-0.4, -0.2) is 47.2 Å². The summed E-state index contributed by atoms with van der Waals surface area (Å²) in [6.07, 6.45) is 1.94. The number of hydrogen-bond acceptors (Lipinski definition) is 3. The van der Waals surface area contributed by atoms with Crippen LogP contribution in [0.5, 0.6) is 0 Å². The Balaban J connectivity index is 2.23. The summed E-state index contributed by atoms with van der Waals surface area (Å²) in [7, 11) is 0. The van der Waals surface area contributed by atoms with E-state index in [4.69, 9.17) is 0 Å². The highest BCUT2D eigenvalue weighted by molar-refractivity contribution is 5.76. The molecule has 1 heterocycles. The Morgan fingerprint density at radius 2 is 2.00 bits per heavy atom. The number of carbonyl (C=O) groups is 1. The van der Waals surface area contributed by atoms with E-state index in [1.807, 2.05) is 11.8 Å². The van der Waals surface area contributed by atoms with E-state index in [-0.39, 0.29) is 5.91 Å². The van der Waals surface area contributed by atoms with Crippen LogP contribution < -0.4 is 5.32 Å². The fourth-order valence-electron chi connectivity index (χ4n) is 1.86. The van der Waals surface area contributed by atoms with Gasteiger partial charge in [0.2, 0.25) is 5.91 Å². The van der Waals surface area contributed by atoms with Gasteiger partial charge in [-0.15, -0.1) is 0 Å². The van der Waals surface area contributed by atoms with Crippen LogP contribution in [0.2, 0.25) is 0 Å². The first kappa shape index (κ1) is 13.5. The molecule has 0 aromatic carbocycles. The Bertz CT molecular complexity index is 229. The van der Waals surface area contributed by atoms with E-state index in [1.54, 1.807) is 0 Å². The number of likely N-dealkylation sites (tertiary alicyclic amines) is 1. The minimum Gasteiger partial charge on any atom is -0.390 e. The van der Waals surface area contributed by atoms with Gasteiger partial charge in [0.25, 0.3) is 0 Å². The monoisotopic (exact) mass is 228 g/mol. The molecule has 94 valence electrons. The normalized spacial score (nSPS) is 20.2. The number of amides is 1. The highest BCUT2D eigenvalue weighted by atomic mass is 16.3.